The summed E-state index contributed by atoms with van der Waals surface area (Å²) >= 11 is 1.43. The van der Waals surface area contributed by atoms with Crippen LogP contribution in [0, 0.1) is 0 Å². The summed E-state index contributed by atoms with van der Waals surface area (Å²) < 4.78 is 6.13. The molecule has 2 heterocycles. The van der Waals surface area contributed by atoms with Gasteiger partial charge >= 0.3 is 0 Å². The lowest BCUT2D eigenvalue weighted by Gasteiger charge is -2.02. The monoisotopic (exact) mass is 391 g/mol. The Morgan fingerprint density at radius 3 is 2.86 bits per heavy atom. The van der Waals surface area contributed by atoms with E-state index >= 15 is 0 Å². The Balaban J connectivity index is 1.32. The second-order valence-electron chi connectivity index (χ2n) is 6.09. The van der Waals surface area contributed by atoms with E-state index in [-0.39, 0.29) is 24.8 Å². The van der Waals surface area contributed by atoms with Gasteiger partial charge in [-0.2, -0.15) is 0 Å². The van der Waals surface area contributed by atoms with Gasteiger partial charge in [-0.15, -0.1) is 0 Å². The first-order valence-corrected chi connectivity index (χ1v) is 9.58. The van der Waals surface area contributed by atoms with Crippen molar-refractivity contribution in [2.45, 2.75) is 6.42 Å². The van der Waals surface area contributed by atoms with Crippen molar-refractivity contribution in [3.8, 4) is 0 Å². The van der Waals surface area contributed by atoms with E-state index in [1.54, 1.807) is 18.2 Å². The largest absolute Gasteiger partial charge is 0.465 e. The molecule has 0 spiro atoms. The van der Waals surface area contributed by atoms with Gasteiger partial charge in [-0.25, -0.2) is 4.98 Å². The van der Waals surface area contributed by atoms with Crippen LogP contribution in [-0.2, 0) is 9.59 Å². The highest BCUT2D eigenvalue weighted by Gasteiger charge is 2.10. The number of benzene rings is 2. The number of amides is 2. The zero-order chi connectivity index (χ0) is 19.3. The van der Waals surface area contributed by atoms with Crippen LogP contribution >= 0.6 is 11.3 Å². The number of fused-ring (bicyclic) bond motifs is 3. The second-order valence-corrected chi connectivity index (χ2v) is 7.12. The number of nitrogens with zero attached hydrogens (tertiary/aromatic N) is 1. The number of carbonyl (C=O) groups is 2. The average Bonchev–Trinajstić information content (AvgIpc) is 3.35. The fourth-order valence-corrected chi connectivity index (χ4v) is 3.70. The molecule has 140 valence electrons. The molecule has 0 radical (unpaired) electrons. The van der Waals surface area contributed by atoms with Crippen molar-refractivity contribution in [1.29, 1.82) is 0 Å². The molecule has 2 aromatic heterocycles. The molecule has 4 rings (SSSR count). The predicted octanol–water partition coefficient (Wildman–Crippen LogP) is 4.20. The van der Waals surface area contributed by atoms with Gasteiger partial charge in [0.2, 0.25) is 11.8 Å². The SMILES string of the molecule is O=C(/C=C/c1ccco1)NCCC(=O)Nc1nc2c(ccc3ccccc32)s1. The Hall–Kier alpha value is -3.45. The van der Waals surface area contributed by atoms with Gasteiger partial charge in [0, 0.05) is 24.4 Å². The highest BCUT2D eigenvalue weighted by molar-refractivity contribution is 7.22. The molecule has 0 saturated carbocycles. The lowest BCUT2D eigenvalue weighted by atomic mass is 10.1. The molecule has 0 aliphatic heterocycles. The summed E-state index contributed by atoms with van der Waals surface area (Å²) in [7, 11) is 0. The number of hydrogen-bond donors (Lipinski definition) is 2. The highest BCUT2D eigenvalue weighted by atomic mass is 32.1. The number of rotatable bonds is 6. The first-order chi connectivity index (χ1) is 13.7. The lowest BCUT2D eigenvalue weighted by Crippen LogP contribution is -2.26. The minimum absolute atomic E-state index is 0.164. The zero-order valence-electron chi connectivity index (χ0n) is 14.8. The van der Waals surface area contributed by atoms with Gasteiger partial charge in [-0.05, 0) is 29.7 Å². The molecule has 2 aromatic carbocycles. The summed E-state index contributed by atoms with van der Waals surface area (Å²) in [6.07, 6.45) is 4.64. The summed E-state index contributed by atoms with van der Waals surface area (Å²) in [5.41, 5.74) is 0.884. The van der Waals surface area contributed by atoms with Gasteiger partial charge in [0.15, 0.2) is 5.13 Å². The Morgan fingerprint density at radius 1 is 1.11 bits per heavy atom. The number of hydrogen-bond acceptors (Lipinski definition) is 5. The molecule has 4 aromatic rings. The molecule has 28 heavy (non-hydrogen) atoms. The summed E-state index contributed by atoms with van der Waals surface area (Å²) in [6.45, 7) is 0.237. The van der Waals surface area contributed by atoms with Crippen LogP contribution in [0.2, 0.25) is 0 Å². The van der Waals surface area contributed by atoms with Crippen molar-refractivity contribution >= 4 is 55.3 Å². The molecule has 2 N–H and O–H groups in total. The standard InChI is InChI=1S/C21H17N3O3S/c25-18(10-8-15-5-3-13-27-15)22-12-11-19(26)23-21-24-20-16-6-2-1-4-14(16)7-9-17(20)28-21/h1-10,13H,11-12H2,(H,22,25)(H,23,24,26)/b10-8+. The molecule has 0 aliphatic carbocycles. The normalized spacial score (nSPS) is 11.3. The van der Waals surface area contributed by atoms with E-state index in [2.05, 4.69) is 15.6 Å². The molecule has 0 saturated heterocycles. The van der Waals surface area contributed by atoms with Gasteiger partial charge in [0.05, 0.1) is 16.5 Å². The van der Waals surface area contributed by atoms with E-state index in [1.165, 1.54) is 23.7 Å². The van der Waals surface area contributed by atoms with Crippen molar-refractivity contribution in [2.24, 2.45) is 0 Å². The molecule has 6 nitrogen and oxygen atoms in total. The van der Waals surface area contributed by atoms with Gasteiger partial charge < -0.3 is 15.1 Å². The maximum Gasteiger partial charge on any atom is 0.244 e. The molecule has 0 atom stereocenters. The number of thiazole rings is 1. The zero-order valence-corrected chi connectivity index (χ0v) is 15.7. The van der Waals surface area contributed by atoms with Gasteiger partial charge in [0.1, 0.15) is 5.76 Å². The third-order valence-electron chi connectivity index (χ3n) is 4.12. The molecule has 0 unspecified atom stereocenters. The van der Waals surface area contributed by atoms with Crippen LogP contribution in [-0.4, -0.2) is 23.3 Å². The van der Waals surface area contributed by atoms with Crippen molar-refractivity contribution in [1.82, 2.24) is 10.3 Å². The molecule has 2 amide bonds. The molecular weight excluding hydrogens is 374 g/mol. The number of nitrogens with one attached hydrogen (secondary N) is 2. The molecule has 0 fully saturated rings. The summed E-state index contributed by atoms with van der Waals surface area (Å²) in [5.74, 6) is 0.116. The van der Waals surface area contributed by atoms with Crippen LogP contribution in [0.4, 0.5) is 5.13 Å². The number of furan rings is 1. The van der Waals surface area contributed by atoms with E-state index in [9.17, 15) is 9.59 Å². The van der Waals surface area contributed by atoms with Crippen molar-refractivity contribution in [3.63, 3.8) is 0 Å². The van der Waals surface area contributed by atoms with E-state index < -0.39 is 0 Å². The number of aromatic nitrogens is 1. The van der Waals surface area contributed by atoms with Crippen LogP contribution in [0.1, 0.15) is 12.2 Å². The first kappa shape index (κ1) is 17.9. The van der Waals surface area contributed by atoms with Gasteiger partial charge in [-0.3, -0.25) is 9.59 Å². The quantitative estimate of drug-likeness (QED) is 0.483. The number of carbonyl (C=O) groups excluding carboxylic acids is 2. The van der Waals surface area contributed by atoms with Crippen LogP contribution in [0.5, 0.6) is 0 Å². The van der Waals surface area contributed by atoms with Gasteiger partial charge in [0.25, 0.3) is 0 Å². The van der Waals surface area contributed by atoms with E-state index in [1.807, 2.05) is 36.4 Å². The van der Waals surface area contributed by atoms with Crippen LogP contribution < -0.4 is 10.6 Å². The molecule has 7 heteroatoms. The minimum atomic E-state index is -0.282. The third-order valence-corrected chi connectivity index (χ3v) is 5.06. The summed E-state index contributed by atoms with van der Waals surface area (Å²) in [5, 5.41) is 8.21. The Kier molecular flexibility index (Phi) is 5.16. The van der Waals surface area contributed by atoms with Crippen molar-refractivity contribution in [2.75, 3.05) is 11.9 Å². The van der Waals surface area contributed by atoms with E-state index in [0.29, 0.717) is 10.9 Å². The Bertz CT molecular complexity index is 1160. The predicted molar refractivity (Wildman–Crippen MR) is 111 cm³/mol. The highest BCUT2D eigenvalue weighted by Crippen LogP contribution is 2.31. The van der Waals surface area contributed by atoms with Crippen LogP contribution in [0.15, 0.2) is 65.3 Å². The Morgan fingerprint density at radius 2 is 2.00 bits per heavy atom. The van der Waals surface area contributed by atoms with E-state index in [0.717, 1.165) is 21.0 Å². The van der Waals surface area contributed by atoms with Gasteiger partial charge in [-0.1, -0.05) is 41.7 Å². The summed E-state index contributed by atoms with van der Waals surface area (Å²) in [4.78, 5) is 28.4. The topological polar surface area (TPSA) is 84.2 Å². The fraction of sp³-hybridized carbons (Fsp3) is 0.0952. The molecule has 0 bridgehead atoms. The molecular formula is C21H17N3O3S. The number of anilines is 1. The van der Waals surface area contributed by atoms with E-state index in [4.69, 9.17) is 4.42 Å². The van der Waals surface area contributed by atoms with Crippen LogP contribution in [0.25, 0.3) is 27.1 Å². The summed E-state index contributed by atoms with van der Waals surface area (Å²) in [6, 6.07) is 15.6. The van der Waals surface area contributed by atoms with Crippen LogP contribution in [0.3, 0.4) is 0 Å². The smallest absolute Gasteiger partial charge is 0.244 e. The maximum absolute atomic E-state index is 12.2. The lowest BCUT2D eigenvalue weighted by molar-refractivity contribution is -0.117. The first-order valence-electron chi connectivity index (χ1n) is 8.76. The van der Waals surface area contributed by atoms with Crippen molar-refractivity contribution < 1.29 is 14.0 Å². The Labute approximate surface area is 164 Å². The average molecular weight is 391 g/mol. The van der Waals surface area contributed by atoms with Crippen molar-refractivity contribution in [3.05, 3.63) is 66.6 Å². The second kappa shape index (κ2) is 8.06. The third kappa shape index (κ3) is 4.10. The minimum Gasteiger partial charge on any atom is -0.465 e. The maximum atomic E-state index is 12.2. The fourth-order valence-electron chi connectivity index (χ4n) is 2.80. The molecule has 0 aliphatic rings.